The van der Waals surface area contributed by atoms with Gasteiger partial charge in [-0.05, 0) is 44.9 Å². The SMILES string of the molecule is Cc1c(-c2cc(Sc3ncccc3F)c3c(C#N)cnn3c2)cnn1C1CCN(C(=O)[C@@H](C)O)CC1. The van der Waals surface area contributed by atoms with Crippen molar-refractivity contribution in [2.45, 2.75) is 48.8 Å². The molecule has 1 amide bonds. The maximum absolute atomic E-state index is 14.4. The number of aliphatic hydroxyl groups excluding tert-OH is 1. The topological polar surface area (TPSA) is 112 Å². The fourth-order valence-electron chi connectivity index (χ4n) is 4.61. The number of piperidine rings is 1. The van der Waals surface area contributed by atoms with Crippen molar-refractivity contribution in [2.24, 2.45) is 0 Å². The van der Waals surface area contributed by atoms with Gasteiger partial charge in [-0.25, -0.2) is 13.9 Å². The molecule has 0 aliphatic carbocycles. The smallest absolute Gasteiger partial charge is 0.251 e. The first kappa shape index (κ1) is 24.0. The fourth-order valence-corrected chi connectivity index (χ4v) is 5.59. The van der Waals surface area contributed by atoms with Crippen LogP contribution in [0.25, 0.3) is 16.6 Å². The zero-order chi connectivity index (χ0) is 25.4. The predicted octanol–water partition coefficient (Wildman–Crippen LogP) is 3.61. The summed E-state index contributed by atoms with van der Waals surface area (Å²) in [5, 5.41) is 28.4. The van der Waals surface area contributed by atoms with Crippen LogP contribution in [0.3, 0.4) is 0 Å². The quantitative estimate of drug-likeness (QED) is 0.441. The molecule has 11 heteroatoms. The van der Waals surface area contributed by atoms with Gasteiger partial charge >= 0.3 is 0 Å². The van der Waals surface area contributed by atoms with Gasteiger partial charge < -0.3 is 10.0 Å². The van der Waals surface area contributed by atoms with Crippen molar-refractivity contribution < 1.29 is 14.3 Å². The number of hydrogen-bond donors (Lipinski definition) is 1. The van der Waals surface area contributed by atoms with Crippen molar-refractivity contribution in [3.63, 3.8) is 0 Å². The summed E-state index contributed by atoms with van der Waals surface area (Å²) >= 11 is 1.15. The zero-order valence-electron chi connectivity index (χ0n) is 19.8. The van der Waals surface area contributed by atoms with E-state index in [0.29, 0.717) is 29.1 Å². The van der Waals surface area contributed by atoms with Crippen LogP contribution in [0.1, 0.15) is 37.1 Å². The zero-order valence-corrected chi connectivity index (χ0v) is 20.6. The Balaban J connectivity index is 1.48. The predicted molar refractivity (Wildman–Crippen MR) is 131 cm³/mol. The van der Waals surface area contributed by atoms with Gasteiger partial charge in [-0.1, -0.05) is 11.8 Å². The first-order chi connectivity index (χ1) is 17.4. The van der Waals surface area contributed by atoms with Crippen LogP contribution in [0.15, 0.2) is 52.9 Å². The van der Waals surface area contributed by atoms with Gasteiger partial charge in [-0.2, -0.15) is 15.5 Å². The minimum Gasteiger partial charge on any atom is -0.384 e. The van der Waals surface area contributed by atoms with Gasteiger partial charge in [0.15, 0.2) is 5.82 Å². The number of fused-ring (bicyclic) bond motifs is 1. The maximum Gasteiger partial charge on any atom is 0.251 e. The third-order valence-corrected chi connectivity index (χ3v) is 7.49. The molecule has 0 unspecified atom stereocenters. The molecule has 1 saturated heterocycles. The first-order valence-corrected chi connectivity index (χ1v) is 12.4. The molecule has 0 radical (unpaired) electrons. The molecule has 184 valence electrons. The molecular weight excluding hydrogens is 481 g/mol. The molecule has 1 atom stereocenters. The average molecular weight is 506 g/mol. The van der Waals surface area contributed by atoms with Gasteiger partial charge in [0.1, 0.15) is 17.2 Å². The van der Waals surface area contributed by atoms with Gasteiger partial charge in [0.05, 0.1) is 29.5 Å². The number of pyridine rings is 2. The van der Waals surface area contributed by atoms with E-state index in [4.69, 9.17) is 0 Å². The van der Waals surface area contributed by atoms with E-state index >= 15 is 0 Å². The van der Waals surface area contributed by atoms with E-state index < -0.39 is 11.9 Å². The second kappa shape index (κ2) is 9.72. The highest BCUT2D eigenvalue weighted by Crippen LogP contribution is 2.37. The number of carbonyl (C=O) groups is 1. The average Bonchev–Trinajstić information content (AvgIpc) is 3.48. The molecule has 1 fully saturated rings. The van der Waals surface area contributed by atoms with Crippen LogP contribution < -0.4 is 0 Å². The Morgan fingerprint density at radius 3 is 2.78 bits per heavy atom. The molecule has 36 heavy (non-hydrogen) atoms. The monoisotopic (exact) mass is 505 g/mol. The van der Waals surface area contributed by atoms with Crippen LogP contribution in [0.2, 0.25) is 0 Å². The Hall–Kier alpha value is -3.75. The highest BCUT2D eigenvalue weighted by atomic mass is 32.2. The molecule has 1 aliphatic rings. The van der Waals surface area contributed by atoms with Crippen molar-refractivity contribution in [1.82, 2.24) is 29.3 Å². The van der Waals surface area contributed by atoms with Crippen LogP contribution in [0.5, 0.6) is 0 Å². The second-order valence-corrected chi connectivity index (χ2v) is 9.80. The van der Waals surface area contributed by atoms with Gasteiger partial charge in [0.2, 0.25) is 0 Å². The van der Waals surface area contributed by atoms with Gasteiger partial charge in [0.25, 0.3) is 5.91 Å². The molecule has 0 saturated carbocycles. The molecular formula is C25H24FN7O2S. The van der Waals surface area contributed by atoms with E-state index in [-0.39, 0.29) is 17.0 Å². The number of aliphatic hydroxyl groups is 1. The van der Waals surface area contributed by atoms with Crippen molar-refractivity contribution in [3.8, 4) is 17.2 Å². The van der Waals surface area contributed by atoms with Crippen molar-refractivity contribution in [2.75, 3.05) is 13.1 Å². The Morgan fingerprint density at radius 2 is 2.08 bits per heavy atom. The third kappa shape index (κ3) is 4.34. The summed E-state index contributed by atoms with van der Waals surface area (Å²) in [7, 11) is 0. The molecule has 0 spiro atoms. The number of rotatable bonds is 5. The normalized spacial score (nSPS) is 15.2. The van der Waals surface area contributed by atoms with Crippen molar-refractivity contribution in [3.05, 3.63) is 60.1 Å². The fraction of sp³-hybridized carbons (Fsp3) is 0.320. The van der Waals surface area contributed by atoms with Gasteiger partial charge in [0, 0.05) is 47.2 Å². The highest BCUT2D eigenvalue weighted by Gasteiger charge is 2.27. The lowest BCUT2D eigenvalue weighted by molar-refractivity contribution is -0.140. The lowest BCUT2D eigenvalue weighted by Crippen LogP contribution is -2.43. The molecule has 1 aliphatic heterocycles. The minimum absolute atomic E-state index is 0.131. The highest BCUT2D eigenvalue weighted by molar-refractivity contribution is 7.99. The molecule has 5 heterocycles. The Kier molecular flexibility index (Phi) is 6.47. The van der Waals surface area contributed by atoms with E-state index in [2.05, 4.69) is 21.3 Å². The number of halogens is 1. The van der Waals surface area contributed by atoms with Crippen molar-refractivity contribution >= 4 is 23.2 Å². The number of carbonyl (C=O) groups excluding carboxylic acids is 1. The van der Waals surface area contributed by atoms with Crippen LogP contribution in [-0.4, -0.2) is 59.5 Å². The molecule has 1 N–H and O–H groups in total. The Morgan fingerprint density at radius 1 is 1.31 bits per heavy atom. The number of nitrogens with zero attached hydrogens (tertiary/aromatic N) is 7. The van der Waals surface area contributed by atoms with E-state index in [1.54, 1.807) is 15.6 Å². The molecule has 5 rings (SSSR count). The summed E-state index contributed by atoms with van der Waals surface area (Å²) in [4.78, 5) is 18.6. The van der Waals surface area contributed by atoms with E-state index in [1.807, 2.05) is 23.9 Å². The lowest BCUT2D eigenvalue weighted by atomic mass is 10.0. The largest absolute Gasteiger partial charge is 0.384 e. The van der Waals surface area contributed by atoms with Crippen LogP contribution in [0.4, 0.5) is 4.39 Å². The third-order valence-electron chi connectivity index (χ3n) is 6.46. The molecule has 0 bridgehead atoms. The lowest BCUT2D eigenvalue weighted by Gasteiger charge is -2.33. The van der Waals surface area contributed by atoms with Crippen LogP contribution >= 0.6 is 11.8 Å². The summed E-state index contributed by atoms with van der Waals surface area (Å²) in [6.07, 6.45) is 7.15. The Labute approximate surface area is 211 Å². The van der Waals surface area contributed by atoms with E-state index in [1.165, 1.54) is 31.5 Å². The van der Waals surface area contributed by atoms with E-state index in [0.717, 1.165) is 41.4 Å². The maximum atomic E-state index is 14.4. The summed E-state index contributed by atoms with van der Waals surface area (Å²) in [6.45, 7) is 4.61. The molecule has 4 aromatic heterocycles. The summed E-state index contributed by atoms with van der Waals surface area (Å²) in [5.41, 5.74) is 3.68. The van der Waals surface area contributed by atoms with Crippen LogP contribution in [0, 0.1) is 24.1 Å². The standard InChI is InChI=1S/C25H24FN7O2S/c1-15-20(13-30-33(15)19-5-8-31(9-6-19)25(35)16(2)34)17-10-22(36-24-21(26)4-3-7-28-24)23-18(11-27)12-29-32(23)14-17/h3-4,7,10,12-14,16,19,34H,5-6,8-9H2,1-2H3/t16-/m1/s1. The second-order valence-electron chi connectivity index (χ2n) is 8.77. The molecule has 9 nitrogen and oxygen atoms in total. The summed E-state index contributed by atoms with van der Waals surface area (Å²) in [5.74, 6) is -0.682. The summed E-state index contributed by atoms with van der Waals surface area (Å²) in [6, 6.07) is 7.09. The number of aromatic nitrogens is 5. The number of amides is 1. The number of hydrogen-bond acceptors (Lipinski definition) is 7. The van der Waals surface area contributed by atoms with Crippen molar-refractivity contribution in [1.29, 1.82) is 5.26 Å². The number of likely N-dealkylation sites (tertiary alicyclic amines) is 1. The first-order valence-electron chi connectivity index (χ1n) is 11.6. The molecule has 0 aromatic carbocycles. The van der Waals surface area contributed by atoms with Gasteiger partial charge in [-0.15, -0.1) is 0 Å². The van der Waals surface area contributed by atoms with Crippen LogP contribution in [-0.2, 0) is 4.79 Å². The number of nitriles is 1. The van der Waals surface area contributed by atoms with E-state index in [9.17, 15) is 19.6 Å². The van der Waals surface area contributed by atoms with Gasteiger partial charge in [-0.3, -0.25) is 9.48 Å². The minimum atomic E-state index is -0.995. The summed E-state index contributed by atoms with van der Waals surface area (Å²) < 4.78 is 18.0. The Bertz CT molecular complexity index is 1480. The molecule has 4 aromatic rings.